The van der Waals surface area contributed by atoms with Gasteiger partial charge in [-0.25, -0.2) is 4.68 Å². The van der Waals surface area contributed by atoms with Gasteiger partial charge in [-0.15, -0.1) is 0 Å². The number of pyridine rings is 1. The van der Waals surface area contributed by atoms with Crippen LogP contribution in [0.2, 0.25) is 0 Å². The number of aromatic nitrogens is 3. The normalized spacial score (nSPS) is 23.3. The first-order chi connectivity index (χ1) is 13.1. The molecule has 0 saturated carbocycles. The largest absolute Gasteiger partial charge is 0.381 e. The summed E-state index contributed by atoms with van der Waals surface area (Å²) in [6, 6.07) is 12.3. The molecule has 8 heteroatoms. The van der Waals surface area contributed by atoms with E-state index in [1.165, 1.54) is 0 Å². The Morgan fingerprint density at radius 1 is 1.26 bits per heavy atom. The Morgan fingerprint density at radius 3 is 2.96 bits per heavy atom. The number of rotatable bonds is 2. The predicted molar refractivity (Wildman–Crippen MR) is 104 cm³/mol. The summed E-state index contributed by atoms with van der Waals surface area (Å²) in [5.41, 5.74) is 13.8. The molecule has 3 aromatic rings. The maximum absolute atomic E-state index is 6.69. The minimum Gasteiger partial charge on any atom is -0.381 e. The molecule has 27 heavy (non-hydrogen) atoms. The van der Waals surface area contributed by atoms with Gasteiger partial charge < -0.3 is 10.1 Å². The molecule has 2 aliphatic heterocycles. The first-order valence-electron chi connectivity index (χ1n) is 9.26. The van der Waals surface area contributed by atoms with Crippen molar-refractivity contribution in [2.24, 2.45) is 10.7 Å². The maximum atomic E-state index is 6.69. The fourth-order valence-electron chi connectivity index (χ4n) is 3.75. The van der Waals surface area contributed by atoms with Gasteiger partial charge in [0.15, 0.2) is 0 Å². The van der Waals surface area contributed by atoms with Crippen molar-refractivity contribution < 1.29 is 4.74 Å². The van der Waals surface area contributed by atoms with Gasteiger partial charge >= 0.3 is 0 Å². The second-order valence-corrected chi connectivity index (χ2v) is 7.20. The van der Waals surface area contributed by atoms with Gasteiger partial charge in [0, 0.05) is 29.9 Å². The van der Waals surface area contributed by atoms with Gasteiger partial charge in [-0.05, 0) is 38.0 Å². The van der Waals surface area contributed by atoms with E-state index in [2.05, 4.69) is 20.9 Å². The van der Waals surface area contributed by atoms with Crippen LogP contribution in [0.25, 0.3) is 10.9 Å². The SMILES string of the molecule is Cc1[nH]nc2cc(C3(N)Nc4cccc(=NC5CCOCC5)n4N3)ccc12. The molecular weight excluding hydrogens is 342 g/mol. The van der Waals surface area contributed by atoms with Crippen molar-refractivity contribution >= 4 is 16.7 Å². The van der Waals surface area contributed by atoms with Crippen LogP contribution in [0, 0.1) is 6.92 Å². The molecule has 1 saturated heterocycles. The summed E-state index contributed by atoms with van der Waals surface area (Å²) in [5.74, 6) is -0.0564. The fraction of sp³-hybridized carbons (Fsp3) is 0.368. The van der Waals surface area contributed by atoms with Crippen LogP contribution in [0.3, 0.4) is 0 Å². The number of nitrogens with two attached hydrogens (primary N) is 1. The minimum atomic E-state index is -0.935. The monoisotopic (exact) mass is 365 g/mol. The molecule has 2 aliphatic rings. The third kappa shape index (κ3) is 2.77. The Hall–Kier alpha value is -2.84. The van der Waals surface area contributed by atoms with Crippen molar-refractivity contribution in [3.63, 3.8) is 0 Å². The lowest BCUT2D eigenvalue weighted by Gasteiger charge is -2.25. The summed E-state index contributed by atoms with van der Waals surface area (Å²) in [7, 11) is 0. The summed E-state index contributed by atoms with van der Waals surface area (Å²) in [6.07, 6.45) is 1.89. The number of nitrogens with one attached hydrogen (secondary N) is 3. The highest BCUT2D eigenvalue weighted by molar-refractivity contribution is 5.82. The molecule has 0 radical (unpaired) electrons. The van der Waals surface area contributed by atoms with Crippen LogP contribution in [-0.4, -0.2) is 34.1 Å². The minimum absolute atomic E-state index is 0.274. The van der Waals surface area contributed by atoms with Crippen molar-refractivity contribution in [2.75, 3.05) is 24.0 Å². The van der Waals surface area contributed by atoms with Crippen LogP contribution in [0.5, 0.6) is 0 Å². The summed E-state index contributed by atoms with van der Waals surface area (Å²) < 4.78 is 7.36. The molecule has 0 aliphatic carbocycles. The van der Waals surface area contributed by atoms with E-state index in [4.69, 9.17) is 15.5 Å². The lowest BCUT2D eigenvalue weighted by molar-refractivity contribution is 0.0861. The summed E-state index contributed by atoms with van der Waals surface area (Å²) in [4.78, 5) is 4.91. The molecule has 1 atom stereocenters. The number of H-pyrrole nitrogens is 1. The Labute approximate surface area is 156 Å². The average molecular weight is 365 g/mol. The van der Waals surface area contributed by atoms with Crippen LogP contribution in [0.4, 0.5) is 5.82 Å². The highest BCUT2D eigenvalue weighted by Gasteiger charge is 2.34. The van der Waals surface area contributed by atoms with Crippen molar-refractivity contribution in [2.45, 2.75) is 31.6 Å². The highest BCUT2D eigenvalue weighted by atomic mass is 16.5. The second-order valence-electron chi connectivity index (χ2n) is 7.20. The molecule has 2 aromatic heterocycles. The Morgan fingerprint density at radius 2 is 2.11 bits per heavy atom. The number of aryl methyl sites for hydroxylation is 1. The average Bonchev–Trinajstić information content (AvgIpc) is 3.23. The third-order valence-electron chi connectivity index (χ3n) is 5.29. The smallest absolute Gasteiger partial charge is 0.204 e. The van der Waals surface area contributed by atoms with E-state index < -0.39 is 5.79 Å². The molecule has 1 unspecified atom stereocenters. The molecule has 5 N–H and O–H groups in total. The van der Waals surface area contributed by atoms with Gasteiger partial charge in [-0.1, -0.05) is 18.2 Å². The van der Waals surface area contributed by atoms with Crippen LogP contribution >= 0.6 is 0 Å². The van der Waals surface area contributed by atoms with Crippen molar-refractivity contribution in [3.05, 3.63) is 53.1 Å². The molecule has 1 aromatic carbocycles. The molecule has 8 nitrogen and oxygen atoms in total. The standard InChI is InChI=1S/C19H23N7O/c1-12-15-6-5-13(11-16(15)24-23-12)19(20)22-18-4-2-3-17(26(18)25-19)21-14-7-9-27-10-8-14/h2-6,11,14,22,25H,7-10,20H2,1H3,(H,23,24). The number of aromatic amines is 1. The van der Waals surface area contributed by atoms with E-state index in [0.717, 1.165) is 59.5 Å². The molecule has 4 heterocycles. The summed E-state index contributed by atoms with van der Waals surface area (Å²) >= 11 is 0. The van der Waals surface area contributed by atoms with Gasteiger partial charge in [0.1, 0.15) is 11.3 Å². The van der Waals surface area contributed by atoms with E-state index in [1.807, 2.05) is 48.0 Å². The molecule has 1 fully saturated rings. The molecular formula is C19H23N7O. The number of fused-ring (bicyclic) bond motifs is 2. The van der Waals surface area contributed by atoms with Crippen molar-refractivity contribution in [3.8, 4) is 0 Å². The number of hydrogen-bond donors (Lipinski definition) is 4. The number of ether oxygens (including phenoxy) is 1. The van der Waals surface area contributed by atoms with Crippen LogP contribution in [-0.2, 0) is 10.5 Å². The lowest BCUT2D eigenvalue weighted by atomic mass is 10.1. The topological polar surface area (TPSA) is 105 Å². The maximum Gasteiger partial charge on any atom is 0.204 e. The quantitative estimate of drug-likeness (QED) is 0.551. The van der Waals surface area contributed by atoms with Crippen molar-refractivity contribution in [1.29, 1.82) is 0 Å². The van der Waals surface area contributed by atoms with Gasteiger partial charge in [-0.3, -0.25) is 21.3 Å². The van der Waals surface area contributed by atoms with Crippen molar-refractivity contribution in [1.82, 2.24) is 14.9 Å². The van der Waals surface area contributed by atoms with Gasteiger partial charge in [0.2, 0.25) is 5.79 Å². The Balaban J connectivity index is 1.51. The van der Waals surface area contributed by atoms with Gasteiger partial charge in [-0.2, -0.15) is 5.10 Å². The van der Waals surface area contributed by atoms with E-state index in [-0.39, 0.29) is 6.04 Å². The number of benzene rings is 1. The summed E-state index contributed by atoms with van der Waals surface area (Å²) in [5, 5.41) is 11.8. The van der Waals surface area contributed by atoms with E-state index in [0.29, 0.717) is 0 Å². The van der Waals surface area contributed by atoms with Gasteiger partial charge in [0.05, 0.1) is 11.6 Å². The third-order valence-corrected chi connectivity index (χ3v) is 5.29. The number of hydrogen-bond acceptors (Lipinski definition) is 6. The van der Waals surface area contributed by atoms with E-state index >= 15 is 0 Å². The molecule has 140 valence electrons. The fourth-order valence-corrected chi connectivity index (χ4v) is 3.75. The van der Waals surface area contributed by atoms with E-state index in [9.17, 15) is 0 Å². The zero-order valence-corrected chi connectivity index (χ0v) is 15.2. The first kappa shape index (κ1) is 16.3. The van der Waals surface area contributed by atoms with E-state index in [1.54, 1.807) is 0 Å². The molecule has 0 spiro atoms. The number of anilines is 1. The van der Waals surface area contributed by atoms with Crippen LogP contribution in [0.15, 0.2) is 41.4 Å². The van der Waals surface area contributed by atoms with Gasteiger partial charge in [0.25, 0.3) is 0 Å². The number of nitrogens with zero attached hydrogens (tertiary/aromatic N) is 3. The van der Waals surface area contributed by atoms with Crippen LogP contribution in [0.1, 0.15) is 24.1 Å². The zero-order chi connectivity index (χ0) is 18.4. The highest BCUT2D eigenvalue weighted by Crippen LogP contribution is 2.28. The first-order valence-corrected chi connectivity index (χ1v) is 9.26. The molecule has 5 rings (SSSR count). The molecule has 0 amide bonds. The Bertz CT molecular complexity index is 1060. The second kappa shape index (κ2) is 6.11. The Kier molecular flexibility index (Phi) is 3.70. The molecule has 0 bridgehead atoms. The van der Waals surface area contributed by atoms with Crippen LogP contribution < -0.4 is 22.0 Å². The lowest BCUT2D eigenvalue weighted by Crippen LogP contribution is -2.50. The predicted octanol–water partition coefficient (Wildman–Crippen LogP) is 1.49. The zero-order valence-electron chi connectivity index (χ0n) is 15.2. The summed E-state index contributed by atoms with van der Waals surface area (Å²) in [6.45, 7) is 3.54.